The smallest absolute Gasteiger partial charge is 0.223 e. The van der Waals surface area contributed by atoms with Crippen molar-refractivity contribution in [3.8, 4) is 0 Å². The zero-order chi connectivity index (χ0) is 7.72. The van der Waals surface area contributed by atoms with Crippen LogP contribution in [0.5, 0.6) is 0 Å². The standard InChI is InChI=1S/C8H15NO/c1-5(2)7-6(3)4-9-8(7)10/h5-7H,4H2,1-3H3,(H,9,10)/t6-,7+/m0/s1. The summed E-state index contributed by atoms with van der Waals surface area (Å²) in [6, 6.07) is 0. The number of carbonyl (C=O) groups excluding carboxylic acids is 1. The molecule has 1 saturated heterocycles. The summed E-state index contributed by atoms with van der Waals surface area (Å²) in [4.78, 5) is 11.1. The molecular formula is C8H15NO. The maximum absolute atomic E-state index is 11.1. The molecule has 1 amide bonds. The monoisotopic (exact) mass is 141 g/mol. The van der Waals surface area contributed by atoms with E-state index in [1.54, 1.807) is 0 Å². The third kappa shape index (κ3) is 1.15. The summed E-state index contributed by atoms with van der Waals surface area (Å²) in [6.07, 6.45) is 0. The average molecular weight is 141 g/mol. The van der Waals surface area contributed by atoms with E-state index in [9.17, 15) is 4.79 Å². The number of rotatable bonds is 1. The third-order valence-electron chi connectivity index (χ3n) is 2.23. The Kier molecular flexibility index (Phi) is 1.97. The van der Waals surface area contributed by atoms with Gasteiger partial charge in [0.25, 0.3) is 0 Å². The third-order valence-corrected chi connectivity index (χ3v) is 2.23. The average Bonchev–Trinajstić information content (AvgIpc) is 2.11. The van der Waals surface area contributed by atoms with Crippen molar-refractivity contribution < 1.29 is 4.79 Å². The summed E-state index contributed by atoms with van der Waals surface area (Å²) < 4.78 is 0. The normalized spacial score (nSPS) is 33.0. The molecule has 0 unspecified atom stereocenters. The molecule has 0 aromatic heterocycles. The van der Waals surface area contributed by atoms with Crippen LogP contribution >= 0.6 is 0 Å². The highest BCUT2D eigenvalue weighted by molar-refractivity contribution is 5.81. The minimum atomic E-state index is 0.238. The fourth-order valence-electron chi connectivity index (χ4n) is 1.72. The predicted octanol–water partition coefficient (Wildman–Crippen LogP) is 1.02. The quantitative estimate of drug-likeness (QED) is 0.580. The number of nitrogens with one attached hydrogen (secondary N) is 1. The van der Waals surface area contributed by atoms with Crippen LogP contribution in [0.4, 0.5) is 0 Å². The zero-order valence-corrected chi connectivity index (χ0v) is 6.85. The van der Waals surface area contributed by atoms with Gasteiger partial charge >= 0.3 is 0 Å². The van der Waals surface area contributed by atoms with Gasteiger partial charge in [-0.1, -0.05) is 20.8 Å². The second-order valence-electron chi connectivity index (χ2n) is 3.49. The Morgan fingerprint density at radius 2 is 2.20 bits per heavy atom. The Balaban J connectivity index is 2.63. The lowest BCUT2D eigenvalue weighted by atomic mass is 9.87. The molecule has 1 heterocycles. The summed E-state index contributed by atoms with van der Waals surface area (Å²) >= 11 is 0. The van der Waals surface area contributed by atoms with E-state index in [4.69, 9.17) is 0 Å². The van der Waals surface area contributed by atoms with E-state index in [2.05, 4.69) is 26.1 Å². The summed E-state index contributed by atoms with van der Waals surface area (Å²) in [7, 11) is 0. The van der Waals surface area contributed by atoms with Gasteiger partial charge in [0, 0.05) is 12.5 Å². The van der Waals surface area contributed by atoms with E-state index in [0.717, 1.165) is 6.54 Å². The van der Waals surface area contributed by atoms with Crippen LogP contribution in [-0.2, 0) is 4.79 Å². The highest BCUT2D eigenvalue weighted by Crippen LogP contribution is 2.24. The largest absolute Gasteiger partial charge is 0.356 e. The van der Waals surface area contributed by atoms with Crippen molar-refractivity contribution in [3.05, 3.63) is 0 Å². The Morgan fingerprint density at radius 3 is 2.40 bits per heavy atom. The molecule has 2 heteroatoms. The summed E-state index contributed by atoms with van der Waals surface area (Å²) in [6.45, 7) is 7.20. The molecule has 0 bridgehead atoms. The van der Waals surface area contributed by atoms with Crippen molar-refractivity contribution in [3.63, 3.8) is 0 Å². The maximum Gasteiger partial charge on any atom is 0.223 e. The second-order valence-corrected chi connectivity index (χ2v) is 3.49. The van der Waals surface area contributed by atoms with Crippen molar-refractivity contribution in [1.82, 2.24) is 5.32 Å². The molecule has 2 nitrogen and oxygen atoms in total. The van der Waals surface area contributed by atoms with E-state index < -0.39 is 0 Å². The first kappa shape index (κ1) is 7.58. The molecule has 0 aliphatic carbocycles. The molecule has 1 aliphatic rings. The summed E-state index contributed by atoms with van der Waals surface area (Å²) in [5.41, 5.74) is 0. The van der Waals surface area contributed by atoms with Gasteiger partial charge in [-0.25, -0.2) is 0 Å². The van der Waals surface area contributed by atoms with Crippen molar-refractivity contribution in [2.75, 3.05) is 6.54 Å². The molecule has 0 aromatic carbocycles. The number of amides is 1. The number of carbonyl (C=O) groups is 1. The van der Waals surface area contributed by atoms with Crippen molar-refractivity contribution in [2.45, 2.75) is 20.8 Å². The molecule has 2 atom stereocenters. The van der Waals surface area contributed by atoms with Crippen LogP contribution in [0.15, 0.2) is 0 Å². The Hall–Kier alpha value is -0.530. The van der Waals surface area contributed by atoms with Crippen LogP contribution in [-0.4, -0.2) is 12.5 Å². The SMILES string of the molecule is CC(C)[C@H]1C(=O)NC[C@@H]1C. The number of hydrogen-bond donors (Lipinski definition) is 1. The van der Waals surface area contributed by atoms with Crippen molar-refractivity contribution in [2.24, 2.45) is 17.8 Å². The molecule has 0 aromatic rings. The lowest BCUT2D eigenvalue weighted by Crippen LogP contribution is -2.23. The first-order valence-electron chi connectivity index (χ1n) is 3.90. The molecule has 58 valence electrons. The molecule has 1 N–H and O–H groups in total. The van der Waals surface area contributed by atoms with Crippen LogP contribution in [0, 0.1) is 17.8 Å². The van der Waals surface area contributed by atoms with Crippen molar-refractivity contribution in [1.29, 1.82) is 0 Å². The molecule has 1 rings (SSSR count). The fraction of sp³-hybridized carbons (Fsp3) is 0.875. The highest BCUT2D eigenvalue weighted by atomic mass is 16.2. The van der Waals surface area contributed by atoms with Gasteiger partial charge in [0.2, 0.25) is 5.91 Å². The molecule has 10 heavy (non-hydrogen) atoms. The minimum absolute atomic E-state index is 0.238. The van der Waals surface area contributed by atoms with Gasteiger partial charge in [-0.2, -0.15) is 0 Å². The highest BCUT2D eigenvalue weighted by Gasteiger charge is 2.33. The van der Waals surface area contributed by atoms with Crippen LogP contribution < -0.4 is 5.32 Å². The summed E-state index contributed by atoms with van der Waals surface area (Å²) in [5, 5.41) is 2.86. The predicted molar refractivity (Wildman–Crippen MR) is 40.5 cm³/mol. The topological polar surface area (TPSA) is 29.1 Å². The minimum Gasteiger partial charge on any atom is -0.356 e. The summed E-state index contributed by atoms with van der Waals surface area (Å²) in [5.74, 6) is 1.49. The Labute approximate surface area is 62.0 Å². The van der Waals surface area contributed by atoms with Crippen LogP contribution in [0.25, 0.3) is 0 Å². The van der Waals surface area contributed by atoms with E-state index >= 15 is 0 Å². The lowest BCUT2D eigenvalue weighted by molar-refractivity contribution is -0.124. The molecule has 1 aliphatic heterocycles. The molecule has 1 fully saturated rings. The van der Waals surface area contributed by atoms with Gasteiger partial charge < -0.3 is 5.32 Å². The van der Waals surface area contributed by atoms with Gasteiger partial charge in [-0.3, -0.25) is 4.79 Å². The number of hydrogen-bond acceptors (Lipinski definition) is 1. The van der Waals surface area contributed by atoms with E-state index in [0.29, 0.717) is 11.8 Å². The lowest BCUT2D eigenvalue weighted by Gasteiger charge is -2.15. The van der Waals surface area contributed by atoms with Crippen LogP contribution in [0.1, 0.15) is 20.8 Å². The Bertz CT molecular complexity index is 142. The van der Waals surface area contributed by atoms with E-state index in [1.165, 1.54) is 0 Å². The molecule has 0 saturated carbocycles. The zero-order valence-electron chi connectivity index (χ0n) is 6.85. The second kappa shape index (κ2) is 2.60. The fourth-order valence-corrected chi connectivity index (χ4v) is 1.72. The molecule has 0 radical (unpaired) electrons. The van der Waals surface area contributed by atoms with Gasteiger partial charge in [0.1, 0.15) is 0 Å². The van der Waals surface area contributed by atoms with E-state index in [-0.39, 0.29) is 11.8 Å². The van der Waals surface area contributed by atoms with Crippen LogP contribution in [0.3, 0.4) is 0 Å². The first-order chi connectivity index (χ1) is 4.63. The van der Waals surface area contributed by atoms with Crippen LogP contribution in [0.2, 0.25) is 0 Å². The first-order valence-corrected chi connectivity index (χ1v) is 3.90. The van der Waals surface area contributed by atoms with Gasteiger partial charge in [-0.05, 0) is 11.8 Å². The molecular weight excluding hydrogens is 126 g/mol. The van der Waals surface area contributed by atoms with Gasteiger partial charge in [0.05, 0.1) is 0 Å². The van der Waals surface area contributed by atoms with Crippen molar-refractivity contribution >= 4 is 5.91 Å². The van der Waals surface area contributed by atoms with E-state index in [1.807, 2.05) is 0 Å². The van der Waals surface area contributed by atoms with Gasteiger partial charge in [-0.15, -0.1) is 0 Å². The van der Waals surface area contributed by atoms with Gasteiger partial charge in [0.15, 0.2) is 0 Å². The Morgan fingerprint density at radius 1 is 1.60 bits per heavy atom. The maximum atomic E-state index is 11.1. The molecule has 0 spiro atoms.